The first-order chi connectivity index (χ1) is 13.2. The Kier molecular flexibility index (Phi) is 5.52. The Morgan fingerprint density at radius 1 is 1.19 bits per heavy atom. The summed E-state index contributed by atoms with van der Waals surface area (Å²) in [6, 6.07) is 2.70. The molecule has 0 aliphatic carbocycles. The van der Waals surface area contributed by atoms with E-state index in [0.717, 1.165) is 57.0 Å². The molecule has 4 heterocycles. The highest BCUT2D eigenvalue weighted by Gasteiger charge is 2.29. The number of nitrogens with zero attached hydrogens (tertiary/aromatic N) is 6. The van der Waals surface area contributed by atoms with Gasteiger partial charge in [-0.2, -0.15) is 5.10 Å². The van der Waals surface area contributed by atoms with Crippen molar-refractivity contribution < 1.29 is 4.74 Å². The average Bonchev–Trinajstić information content (AvgIpc) is 3.23. The lowest BCUT2D eigenvalue weighted by Crippen LogP contribution is -2.43. The summed E-state index contributed by atoms with van der Waals surface area (Å²) in [6.07, 6.45) is 9.72. The van der Waals surface area contributed by atoms with Crippen LogP contribution in [0.15, 0.2) is 25.0 Å². The molecule has 0 radical (unpaired) electrons. The van der Waals surface area contributed by atoms with E-state index >= 15 is 0 Å². The Labute approximate surface area is 160 Å². The van der Waals surface area contributed by atoms with Crippen LogP contribution in [0.1, 0.15) is 45.6 Å². The Balaban J connectivity index is 1.45. The van der Waals surface area contributed by atoms with Gasteiger partial charge in [-0.15, -0.1) is 0 Å². The third kappa shape index (κ3) is 4.21. The molecule has 146 valence electrons. The predicted molar refractivity (Wildman–Crippen MR) is 104 cm³/mol. The fourth-order valence-electron chi connectivity index (χ4n) is 4.19. The first-order valence-corrected chi connectivity index (χ1v) is 10.00. The third-order valence-corrected chi connectivity index (χ3v) is 5.54. The second-order valence-corrected chi connectivity index (χ2v) is 7.85. The van der Waals surface area contributed by atoms with Gasteiger partial charge < -0.3 is 15.0 Å². The summed E-state index contributed by atoms with van der Waals surface area (Å²) in [4.78, 5) is 15.4. The van der Waals surface area contributed by atoms with Crippen molar-refractivity contribution in [1.29, 1.82) is 0 Å². The average molecular weight is 371 g/mol. The van der Waals surface area contributed by atoms with E-state index in [0.29, 0.717) is 18.0 Å². The highest BCUT2D eigenvalue weighted by atomic mass is 16.5. The van der Waals surface area contributed by atoms with E-state index in [1.807, 2.05) is 4.68 Å². The molecule has 0 bridgehead atoms. The monoisotopic (exact) mass is 371 g/mol. The predicted octanol–water partition coefficient (Wildman–Crippen LogP) is 2.53. The van der Waals surface area contributed by atoms with Gasteiger partial charge in [0.1, 0.15) is 30.6 Å². The van der Waals surface area contributed by atoms with Crippen LogP contribution in [0.5, 0.6) is 0 Å². The van der Waals surface area contributed by atoms with Crippen molar-refractivity contribution in [2.75, 3.05) is 29.9 Å². The molecule has 3 atom stereocenters. The van der Waals surface area contributed by atoms with Gasteiger partial charge >= 0.3 is 0 Å². The highest BCUT2D eigenvalue weighted by Crippen LogP contribution is 2.27. The van der Waals surface area contributed by atoms with E-state index in [9.17, 15) is 0 Å². The number of rotatable bonds is 5. The van der Waals surface area contributed by atoms with Gasteiger partial charge in [0, 0.05) is 25.8 Å². The zero-order chi connectivity index (χ0) is 18.6. The number of piperidine rings is 1. The number of anilines is 2. The molecule has 8 heteroatoms. The van der Waals surface area contributed by atoms with Crippen molar-refractivity contribution in [1.82, 2.24) is 24.7 Å². The van der Waals surface area contributed by atoms with Crippen LogP contribution in [0, 0.1) is 5.92 Å². The lowest BCUT2D eigenvalue weighted by Gasteiger charge is -2.36. The summed E-state index contributed by atoms with van der Waals surface area (Å²) in [6.45, 7) is 7.18. The second-order valence-electron chi connectivity index (χ2n) is 7.85. The smallest absolute Gasteiger partial charge is 0.137 e. The quantitative estimate of drug-likeness (QED) is 0.865. The minimum atomic E-state index is 0.226. The normalized spacial score (nSPS) is 26.3. The molecule has 0 spiro atoms. The van der Waals surface area contributed by atoms with E-state index in [1.54, 1.807) is 19.0 Å². The summed E-state index contributed by atoms with van der Waals surface area (Å²) in [5, 5.41) is 7.91. The Morgan fingerprint density at radius 3 is 2.93 bits per heavy atom. The number of ether oxygens (including phenoxy) is 1. The van der Waals surface area contributed by atoms with Gasteiger partial charge in [0.05, 0.1) is 18.2 Å². The molecule has 0 unspecified atom stereocenters. The SMILES string of the molecule is CC(C)[C@@H]1OCCC[C@H]1Nc1cc(N2CCC[C@@H](n3cncn3)C2)ncn1. The molecule has 0 aromatic carbocycles. The van der Waals surface area contributed by atoms with E-state index in [4.69, 9.17) is 4.74 Å². The van der Waals surface area contributed by atoms with Gasteiger partial charge in [-0.1, -0.05) is 13.8 Å². The summed E-state index contributed by atoms with van der Waals surface area (Å²) >= 11 is 0. The first kappa shape index (κ1) is 18.2. The highest BCUT2D eigenvalue weighted by molar-refractivity contribution is 5.49. The van der Waals surface area contributed by atoms with Crippen molar-refractivity contribution in [3.8, 4) is 0 Å². The molecule has 2 saturated heterocycles. The van der Waals surface area contributed by atoms with Crippen LogP contribution in [0.2, 0.25) is 0 Å². The van der Waals surface area contributed by atoms with Crippen LogP contribution in [0.3, 0.4) is 0 Å². The van der Waals surface area contributed by atoms with Crippen molar-refractivity contribution in [3.63, 3.8) is 0 Å². The van der Waals surface area contributed by atoms with Gasteiger partial charge in [-0.25, -0.2) is 19.6 Å². The Morgan fingerprint density at radius 2 is 2.11 bits per heavy atom. The number of nitrogens with one attached hydrogen (secondary N) is 1. The molecule has 4 rings (SSSR count). The van der Waals surface area contributed by atoms with Crippen LogP contribution < -0.4 is 10.2 Å². The van der Waals surface area contributed by atoms with Crippen LogP contribution in [-0.4, -0.2) is 56.6 Å². The van der Waals surface area contributed by atoms with Crippen LogP contribution >= 0.6 is 0 Å². The molecule has 2 fully saturated rings. The second kappa shape index (κ2) is 8.21. The molecule has 0 amide bonds. The van der Waals surface area contributed by atoms with E-state index in [2.05, 4.69) is 50.2 Å². The molecule has 27 heavy (non-hydrogen) atoms. The summed E-state index contributed by atoms with van der Waals surface area (Å²) in [7, 11) is 0. The summed E-state index contributed by atoms with van der Waals surface area (Å²) in [5.74, 6) is 2.33. The minimum Gasteiger partial charge on any atom is -0.376 e. The van der Waals surface area contributed by atoms with E-state index in [1.165, 1.54) is 0 Å². The Hall–Kier alpha value is -2.22. The van der Waals surface area contributed by atoms with Crippen molar-refractivity contribution in [2.45, 2.75) is 57.7 Å². The lowest BCUT2D eigenvalue weighted by molar-refractivity contribution is -0.0203. The molecular weight excluding hydrogens is 342 g/mol. The van der Waals surface area contributed by atoms with Gasteiger partial charge in [0.15, 0.2) is 0 Å². The lowest BCUT2D eigenvalue weighted by atomic mass is 9.93. The van der Waals surface area contributed by atoms with Gasteiger partial charge in [0.25, 0.3) is 0 Å². The van der Waals surface area contributed by atoms with Crippen LogP contribution in [-0.2, 0) is 4.74 Å². The molecular formula is C19H29N7O. The number of hydrogen-bond acceptors (Lipinski definition) is 7. The number of hydrogen-bond donors (Lipinski definition) is 1. The summed E-state index contributed by atoms with van der Waals surface area (Å²) < 4.78 is 7.95. The largest absolute Gasteiger partial charge is 0.376 e. The van der Waals surface area contributed by atoms with Gasteiger partial charge in [-0.3, -0.25) is 0 Å². The zero-order valence-electron chi connectivity index (χ0n) is 16.2. The fraction of sp³-hybridized carbons (Fsp3) is 0.684. The van der Waals surface area contributed by atoms with Crippen molar-refractivity contribution >= 4 is 11.6 Å². The third-order valence-electron chi connectivity index (χ3n) is 5.54. The van der Waals surface area contributed by atoms with Crippen molar-refractivity contribution in [2.24, 2.45) is 5.92 Å². The molecule has 0 saturated carbocycles. The first-order valence-electron chi connectivity index (χ1n) is 10.00. The molecule has 2 aliphatic rings. The molecule has 1 N–H and O–H groups in total. The Bertz CT molecular complexity index is 721. The molecule has 2 aromatic heterocycles. The van der Waals surface area contributed by atoms with E-state index < -0.39 is 0 Å². The fourth-order valence-corrected chi connectivity index (χ4v) is 4.19. The topological polar surface area (TPSA) is 81.0 Å². The minimum absolute atomic E-state index is 0.226. The van der Waals surface area contributed by atoms with Crippen LogP contribution in [0.4, 0.5) is 11.6 Å². The molecule has 8 nitrogen and oxygen atoms in total. The summed E-state index contributed by atoms with van der Waals surface area (Å²) in [5.41, 5.74) is 0. The van der Waals surface area contributed by atoms with Gasteiger partial charge in [0.2, 0.25) is 0 Å². The van der Waals surface area contributed by atoms with E-state index in [-0.39, 0.29) is 6.10 Å². The standard InChI is InChI=1S/C19H29N7O/c1-14(2)19-16(6-4-8-27-19)24-17-9-18(22-12-21-17)25-7-3-5-15(10-25)26-13-20-11-23-26/h9,11-16,19H,3-8,10H2,1-2H3,(H,21,22,24)/t15-,16-,19+/m1/s1. The number of aromatic nitrogens is 5. The molecule has 2 aliphatic heterocycles. The van der Waals surface area contributed by atoms with Crippen LogP contribution in [0.25, 0.3) is 0 Å². The maximum atomic E-state index is 5.99. The molecule has 2 aromatic rings. The van der Waals surface area contributed by atoms with Gasteiger partial charge in [-0.05, 0) is 31.6 Å². The zero-order valence-corrected chi connectivity index (χ0v) is 16.2. The maximum Gasteiger partial charge on any atom is 0.137 e. The maximum absolute atomic E-state index is 5.99. The van der Waals surface area contributed by atoms with Crippen molar-refractivity contribution in [3.05, 3.63) is 25.0 Å².